The minimum Gasteiger partial charge on any atom is -0.384 e. The van der Waals surface area contributed by atoms with Crippen molar-refractivity contribution in [2.45, 2.75) is 31.6 Å². The molecule has 0 aromatic carbocycles. The van der Waals surface area contributed by atoms with E-state index in [2.05, 4.69) is 22.4 Å². The molecule has 0 bridgehead atoms. The Hall–Kier alpha value is -2.89. The molecule has 2 heterocycles. The normalized spacial score (nSPS) is 19.7. The van der Waals surface area contributed by atoms with Gasteiger partial charge in [-0.05, 0) is 38.0 Å². The van der Waals surface area contributed by atoms with E-state index in [1.807, 2.05) is 19.1 Å². The highest BCUT2D eigenvalue weighted by atomic mass is 16.5. The molecular formula is C19H25N7O. The van der Waals surface area contributed by atoms with Gasteiger partial charge < -0.3 is 15.8 Å². The molecule has 1 aromatic rings. The smallest absolute Gasteiger partial charge is 0.150 e. The third-order valence-corrected chi connectivity index (χ3v) is 4.89. The number of ether oxygens (including phenoxy) is 1. The maximum absolute atomic E-state index is 9.37. The van der Waals surface area contributed by atoms with Crippen LogP contribution in [0, 0.1) is 11.3 Å². The van der Waals surface area contributed by atoms with E-state index < -0.39 is 0 Å². The SMILES string of the molecule is C/C=C1\N=C(NCCc2cccc(C3(COC)CC3)n2)C(C#N)=C(N)N1N. The first-order valence-electron chi connectivity index (χ1n) is 8.94. The minimum absolute atomic E-state index is 0.0855. The van der Waals surface area contributed by atoms with Crippen molar-refractivity contribution < 1.29 is 4.74 Å². The molecule has 8 nitrogen and oxygen atoms in total. The predicted octanol–water partition coefficient (Wildman–Crippen LogP) is 1.03. The first-order chi connectivity index (χ1) is 13.0. The van der Waals surface area contributed by atoms with E-state index in [0.29, 0.717) is 31.2 Å². The Morgan fingerprint density at radius 2 is 2.22 bits per heavy atom. The van der Waals surface area contributed by atoms with Crippen LogP contribution in [0.2, 0.25) is 0 Å². The number of allylic oxidation sites excluding steroid dienone is 1. The average molecular weight is 367 g/mol. The van der Waals surface area contributed by atoms with Crippen molar-refractivity contribution in [3.8, 4) is 6.07 Å². The Bertz CT molecular complexity index is 846. The molecule has 1 aliphatic heterocycles. The highest BCUT2D eigenvalue weighted by molar-refractivity contribution is 6.03. The summed E-state index contributed by atoms with van der Waals surface area (Å²) in [5.41, 5.74) is 8.35. The summed E-state index contributed by atoms with van der Waals surface area (Å²) in [4.78, 5) is 9.18. The number of methoxy groups -OCH3 is 1. The number of hydrogen-bond donors (Lipinski definition) is 3. The number of nitrogens with zero attached hydrogens (tertiary/aromatic N) is 4. The molecule has 0 saturated heterocycles. The maximum atomic E-state index is 9.37. The second-order valence-corrected chi connectivity index (χ2v) is 6.75. The van der Waals surface area contributed by atoms with Gasteiger partial charge in [-0.1, -0.05) is 6.07 Å². The van der Waals surface area contributed by atoms with Crippen molar-refractivity contribution in [2.24, 2.45) is 16.6 Å². The molecule has 1 saturated carbocycles. The van der Waals surface area contributed by atoms with Gasteiger partial charge >= 0.3 is 0 Å². The highest BCUT2D eigenvalue weighted by Crippen LogP contribution is 2.47. The molecule has 2 aliphatic rings. The van der Waals surface area contributed by atoms with Crippen LogP contribution in [0.3, 0.4) is 0 Å². The van der Waals surface area contributed by atoms with Crippen LogP contribution < -0.4 is 16.9 Å². The molecule has 3 rings (SSSR count). The summed E-state index contributed by atoms with van der Waals surface area (Å²) < 4.78 is 5.35. The summed E-state index contributed by atoms with van der Waals surface area (Å²) in [7, 11) is 1.73. The van der Waals surface area contributed by atoms with Crippen LogP contribution in [0.15, 0.2) is 46.5 Å². The molecular weight excluding hydrogens is 342 g/mol. The number of nitriles is 1. The fourth-order valence-corrected chi connectivity index (χ4v) is 3.16. The van der Waals surface area contributed by atoms with E-state index >= 15 is 0 Å². The number of nitrogens with two attached hydrogens (primary N) is 2. The fourth-order valence-electron chi connectivity index (χ4n) is 3.16. The molecule has 27 heavy (non-hydrogen) atoms. The topological polar surface area (TPSA) is 126 Å². The number of amidine groups is 1. The Morgan fingerprint density at radius 3 is 2.85 bits per heavy atom. The number of pyridine rings is 1. The van der Waals surface area contributed by atoms with Crippen molar-refractivity contribution in [3.05, 3.63) is 52.9 Å². The Morgan fingerprint density at radius 1 is 1.44 bits per heavy atom. The fraction of sp³-hybridized carbons (Fsp3) is 0.421. The summed E-state index contributed by atoms with van der Waals surface area (Å²) in [6.07, 6.45) is 4.66. The molecule has 142 valence electrons. The van der Waals surface area contributed by atoms with Gasteiger partial charge in [0, 0.05) is 36.9 Å². The van der Waals surface area contributed by atoms with Gasteiger partial charge in [-0.15, -0.1) is 0 Å². The van der Waals surface area contributed by atoms with Crippen molar-refractivity contribution in [1.82, 2.24) is 15.3 Å². The lowest BCUT2D eigenvalue weighted by atomic mass is 10.0. The molecule has 8 heteroatoms. The zero-order chi connectivity index (χ0) is 19.4. The Kier molecular flexibility index (Phi) is 5.44. The first-order valence-corrected chi connectivity index (χ1v) is 8.94. The zero-order valence-corrected chi connectivity index (χ0v) is 15.7. The molecule has 0 atom stereocenters. The van der Waals surface area contributed by atoms with E-state index in [1.54, 1.807) is 13.2 Å². The van der Waals surface area contributed by atoms with Gasteiger partial charge in [0.05, 0.1) is 6.61 Å². The second-order valence-electron chi connectivity index (χ2n) is 6.75. The Balaban J connectivity index is 1.67. The molecule has 0 radical (unpaired) electrons. The number of rotatable bonds is 6. The Labute approximate surface area is 159 Å². The standard InChI is InChI=1S/C19H25N7O/c1-3-16-25-18(14(11-20)17(21)26(16)22)23-10-7-13-5-4-6-15(24-13)19(8-9-19)12-27-2/h3-6H,7-10,12,21-22H2,1-2H3,(H,23,25)/b16-3+. The van der Waals surface area contributed by atoms with Crippen molar-refractivity contribution >= 4 is 5.84 Å². The van der Waals surface area contributed by atoms with Gasteiger partial charge in [-0.25, -0.2) is 15.8 Å². The van der Waals surface area contributed by atoms with Crippen LogP contribution in [-0.2, 0) is 16.6 Å². The third-order valence-electron chi connectivity index (χ3n) is 4.89. The second kappa shape index (κ2) is 7.78. The number of nitrogens with one attached hydrogen (secondary N) is 1. The quantitative estimate of drug-likeness (QED) is 0.641. The van der Waals surface area contributed by atoms with Crippen molar-refractivity contribution in [1.29, 1.82) is 5.26 Å². The van der Waals surface area contributed by atoms with Crippen molar-refractivity contribution in [3.63, 3.8) is 0 Å². The molecule has 1 fully saturated rings. The number of hydrazine groups is 1. The summed E-state index contributed by atoms with van der Waals surface area (Å²) in [5, 5.41) is 13.8. The van der Waals surface area contributed by atoms with Crippen LogP contribution in [-0.4, -0.2) is 36.1 Å². The van der Waals surface area contributed by atoms with Crippen molar-refractivity contribution in [2.75, 3.05) is 20.3 Å². The van der Waals surface area contributed by atoms with Crippen LogP contribution in [0.5, 0.6) is 0 Å². The van der Waals surface area contributed by atoms with Gasteiger partial charge in [0.1, 0.15) is 29.1 Å². The average Bonchev–Trinajstić information content (AvgIpc) is 3.46. The minimum atomic E-state index is 0.0855. The highest BCUT2D eigenvalue weighted by Gasteiger charge is 2.45. The maximum Gasteiger partial charge on any atom is 0.150 e. The molecule has 1 aromatic heterocycles. The lowest BCUT2D eigenvalue weighted by Crippen LogP contribution is -2.41. The van der Waals surface area contributed by atoms with Gasteiger partial charge in [0.15, 0.2) is 0 Å². The van der Waals surface area contributed by atoms with E-state index in [1.165, 1.54) is 5.01 Å². The lowest BCUT2D eigenvalue weighted by molar-refractivity contribution is 0.170. The molecule has 1 aliphatic carbocycles. The van der Waals surface area contributed by atoms with Crippen LogP contribution >= 0.6 is 0 Å². The van der Waals surface area contributed by atoms with Gasteiger partial charge in [0.2, 0.25) is 0 Å². The van der Waals surface area contributed by atoms with Gasteiger partial charge in [0.25, 0.3) is 0 Å². The summed E-state index contributed by atoms with van der Waals surface area (Å²) in [6.45, 7) is 3.09. The largest absolute Gasteiger partial charge is 0.384 e. The number of aliphatic imine (C=N–C) groups is 1. The van der Waals surface area contributed by atoms with Crippen LogP contribution in [0.25, 0.3) is 0 Å². The summed E-state index contributed by atoms with van der Waals surface area (Å²) in [5.74, 6) is 6.94. The number of hydrogen-bond acceptors (Lipinski definition) is 8. The van der Waals surface area contributed by atoms with Crippen LogP contribution in [0.4, 0.5) is 0 Å². The van der Waals surface area contributed by atoms with Gasteiger partial charge in [-0.3, -0.25) is 4.98 Å². The van der Waals surface area contributed by atoms with E-state index in [4.69, 9.17) is 21.3 Å². The summed E-state index contributed by atoms with van der Waals surface area (Å²) >= 11 is 0. The lowest BCUT2D eigenvalue weighted by Gasteiger charge is -2.25. The molecule has 0 amide bonds. The molecule has 0 unspecified atom stereocenters. The first kappa shape index (κ1) is 18.9. The third kappa shape index (κ3) is 3.79. The monoisotopic (exact) mass is 367 g/mol. The summed E-state index contributed by atoms with van der Waals surface area (Å²) in [6, 6.07) is 8.17. The predicted molar refractivity (Wildman–Crippen MR) is 103 cm³/mol. The zero-order valence-electron chi connectivity index (χ0n) is 15.7. The molecule has 0 spiro atoms. The molecule has 5 N–H and O–H groups in total. The number of aromatic nitrogens is 1. The van der Waals surface area contributed by atoms with E-state index in [9.17, 15) is 5.26 Å². The van der Waals surface area contributed by atoms with E-state index in [0.717, 1.165) is 24.2 Å². The van der Waals surface area contributed by atoms with Gasteiger partial charge in [-0.2, -0.15) is 5.26 Å². The van der Waals surface area contributed by atoms with E-state index in [-0.39, 0.29) is 16.8 Å². The van der Waals surface area contributed by atoms with Crippen LogP contribution in [0.1, 0.15) is 31.2 Å².